The zero-order valence-electron chi connectivity index (χ0n) is 19.1. The first-order chi connectivity index (χ1) is 15.9. The van der Waals surface area contributed by atoms with Crippen molar-refractivity contribution in [2.24, 2.45) is 0 Å². The summed E-state index contributed by atoms with van der Waals surface area (Å²) < 4.78 is 8.94. The van der Waals surface area contributed by atoms with E-state index in [2.05, 4.69) is 62.6 Å². The number of anilines is 2. The fraction of sp³-hybridized carbons (Fsp3) is 0.240. The number of nitrogens with one attached hydrogen (secondary N) is 1. The third kappa shape index (κ3) is 6.16. The van der Waals surface area contributed by atoms with E-state index in [9.17, 15) is 0 Å². The van der Waals surface area contributed by atoms with Crippen LogP contribution in [0.4, 0.5) is 11.6 Å². The molecule has 0 aliphatic carbocycles. The van der Waals surface area contributed by atoms with Crippen molar-refractivity contribution in [1.82, 2.24) is 19.5 Å². The lowest BCUT2D eigenvalue weighted by molar-refractivity contribution is 0.0892. The Kier molecular flexibility index (Phi) is 7.37. The molecule has 2 heterocycles. The molecule has 0 fully saturated rings. The largest absolute Gasteiger partial charge is 0.361 e. The Morgan fingerprint density at radius 2 is 1.64 bits per heavy atom. The molecule has 0 bridgehead atoms. The predicted octanol–water partition coefficient (Wildman–Crippen LogP) is 6.83. The van der Waals surface area contributed by atoms with E-state index in [0.717, 1.165) is 45.7 Å². The Balaban J connectivity index is 1.68. The van der Waals surface area contributed by atoms with Gasteiger partial charge in [-0.2, -0.15) is 0 Å². The van der Waals surface area contributed by atoms with Crippen LogP contribution < -0.4 is 5.32 Å². The molecule has 0 radical (unpaired) electrons. The van der Waals surface area contributed by atoms with Crippen LogP contribution in [0, 0.1) is 0 Å². The first-order valence-electron chi connectivity index (χ1n) is 11.0. The Bertz CT molecular complexity index is 1190. The summed E-state index contributed by atoms with van der Waals surface area (Å²) in [4.78, 5) is 14.0. The van der Waals surface area contributed by atoms with Gasteiger partial charge in [-0.05, 0) is 40.2 Å². The highest BCUT2D eigenvalue weighted by Crippen LogP contribution is 2.33. The van der Waals surface area contributed by atoms with Gasteiger partial charge in [0.05, 0.1) is 5.69 Å². The average Bonchev–Trinajstić information content (AvgIpc) is 3.13. The molecule has 2 aromatic heterocycles. The first kappa shape index (κ1) is 23.3. The highest BCUT2D eigenvalue weighted by molar-refractivity contribution is 9.10. The first-order valence-corrected chi connectivity index (χ1v) is 15.5. The number of imidazole rings is 1. The van der Waals surface area contributed by atoms with E-state index in [0.29, 0.717) is 12.7 Å². The molecule has 0 unspecified atom stereocenters. The SMILES string of the molecule is C[Si](C)(C)CCOCn1c(-c2ccccc2)nc(Br)c1-c1ccnc(Nc2ccccc2)n1. The Morgan fingerprint density at radius 3 is 2.33 bits per heavy atom. The molecule has 0 aliphatic heterocycles. The molecule has 1 N–H and O–H groups in total. The molecule has 33 heavy (non-hydrogen) atoms. The zero-order valence-corrected chi connectivity index (χ0v) is 21.7. The van der Waals surface area contributed by atoms with Gasteiger partial charge in [-0.1, -0.05) is 68.2 Å². The molecule has 8 heteroatoms. The Hall–Kier alpha value is -2.81. The molecular weight excluding hydrogens is 494 g/mol. The number of benzene rings is 2. The molecule has 0 spiro atoms. The maximum absolute atomic E-state index is 6.14. The minimum absolute atomic E-state index is 0.397. The molecule has 0 atom stereocenters. The minimum Gasteiger partial charge on any atom is -0.361 e. The highest BCUT2D eigenvalue weighted by atomic mass is 79.9. The fourth-order valence-electron chi connectivity index (χ4n) is 3.34. The number of rotatable bonds is 9. The van der Waals surface area contributed by atoms with E-state index in [1.165, 1.54) is 0 Å². The van der Waals surface area contributed by atoms with Gasteiger partial charge in [0.1, 0.15) is 22.9 Å². The van der Waals surface area contributed by atoms with E-state index in [4.69, 9.17) is 14.7 Å². The number of hydrogen-bond acceptors (Lipinski definition) is 5. The summed E-state index contributed by atoms with van der Waals surface area (Å²) in [6, 6.07) is 23.0. The molecule has 0 saturated heterocycles. The van der Waals surface area contributed by atoms with Gasteiger partial charge in [0, 0.05) is 32.1 Å². The second-order valence-electron chi connectivity index (χ2n) is 8.97. The molecule has 4 aromatic rings. The normalized spacial score (nSPS) is 11.5. The highest BCUT2D eigenvalue weighted by Gasteiger charge is 2.21. The Morgan fingerprint density at radius 1 is 0.939 bits per heavy atom. The summed E-state index contributed by atoms with van der Waals surface area (Å²) in [5, 5.41) is 3.27. The number of ether oxygens (including phenoxy) is 1. The van der Waals surface area contributed by atoms with E-state index in [1.54, 1.807) is 6.20 Å². The van der Waals surface area contributed by atoms with Crippen LogP contribution in [0.25, 0.3) is 22.8 Å². The zero-order chi connectivity index (χ0) is 23.3. The van der Waals surface area contributed by atoms with Gasteiger partial charge in [0.15, 0.2) is 0 Å². The van der Waals surface area contributed by atoms with E-state index < -0.39 is 8.07 Å². The fourth-order valence-corrected chi connectivity index (χ4v) is 4.68. The smallest absolute Gasteiger partial charge is 0.227 e. The van der Waals surface area contributed by atoms with Crippen LogP contribution in [0.3, 0.4) is 0 Å². The van der Waals surface area contributed by atoms with Gasteiger partial charge in [0.2, 0.25) is 5.95 Å². The minimum atomic E-state index is -1.18. The van der Waals surface area contributed by atoms with Crippen LogP contribution in [0.2, 0.25) is 25.7 Å². The van der Waals surface area contributed by atoms with Crippen molar-refractivity contribution in [2.45, 2.75) is 32.4 Å². The summed E-state index contributed by atoms with van der Waals surface area (Å²) in [7, 11) is -1.18. The Labute approximate surface area is 204 Å². The summed E-state index contributed by atoms with van der Waals surface area (Å²) in [5.41, 5.74) is 3.58. The van der Waals surface area contributed by atoms with Gasteiger partial charge in [-0.25, -0.2) is 15.0 Å². The molecule has 0 amide bonds. The molecule has 6 nitrogen and oxygen atoms in total. The third-order valence-corrected chi connectivity index (χ3v) is 7.36. The van der Waals surface area contributed by atoms with Gasteiger partial charge in [-0.3, -0.25) is 4.57 Å². The quantitative estimate of drug-likeness (QED) is 0.193. The van der Waals surface area contributed by atoms with Crippen LogP contribution in [0.1, 0.15) is 0 Å². The molecule has 2 aromatic carbocycles. The molecule has 170 valence electrons. The van der Waals surface area contributed by atoms with Crippen LogP contribution in [-0.2, 0) is 11.5 Å². The van der Waals surface area contributed by atoms with Crippen molar-refractivity contribution in [3.8, 4) is 22.8 Å². The van der Waals surface area contributed by atoms with E-state index in [1.807, 2.05) is 54.6 Å². The lowest BCUT2D eigenvalue weighted by Crippen LogP contribution is -2.22. The van der Waals surface area contributed by atoms with Gasteiger partial charge < -0.3 is 10.1 Å². The summed E-state index contributed by atoms with van der Waals surface area (Å²) >= 11 is 3.67. The van der Waals surface area contributed by atoms with Crippen LogP contribution in [0.15, 0.2) is 77.5 Å². The van der Waals surface area contributed by atoms with Crippen molar-refractivity contribution in [3.05, 3.63) is 77.5 Å². The van der Waals surface area contributed by atoms with Crippen molar-refractivity contribution < 1.29 is 4.74 Å². The standard InChI is InChI=1S/C25H28BrN5OSi/c1-33(2,3)17-16-32-18-31-22(23(26)30-24(31)19-10-6-4-7-11-19)21-14-15-27-25(29-21)28-20-12-8-5-9-13-20/h4-15H,16-18H2,1-3H3,(H,27,28,29). The summed E-state index contributed by atoms with van der Waals surface area (Å²) in [5.74, 6) is 1.36. The molecule has 0 saturated carbocycles. The van der Waals surface area contributed by atoms with Crippen molar-refractivity contribution in [1.29, 1.82) is 0 Å². The van der Waals surface area contributed by atoms with Crippen molar-refractivity contribution in [3.63, 3.8) is 0 Å². The average molecular weight is 523 g/mol. The van der Waals surface area contributed by atoms with Crippen LogP contribution in [0.5, 0.6) is 0 Å². The van der Waals surface area contributed by atoms with Crippen LogP contribution >= 0.6 is 15.9 Å². The van der Waals surface area contributed by atoms with E-state index in [-0.39, 0.29) is 0 Å². The van der Waals surface area contributed by atoms with E-state index >= 15 is 0 Å². The number of halogens is 1. The number of nitrogens with zero attached hydrogens (tertiary/aromatic N) is 4. The van der Waals surface area contributed by atoms with Crippen molar-refractivity contribution in [2.75, 3.05) is 11.9 Å². The summed E-state index contributed by atoms with van der Waals surface area (Å²) in [6.45, 7) is 8.19. The molecular formula is C25H28BrN5OSi. The third-order valence-electron chi connectivity index (χ3n) is 5.10. The monoisotopic (exact) mass is 521 g/mol. The maximum Gasteiger partial charge on any atom is 0.227 e. The number of para-hydroxylation sites is 1. The van der Waals surface area contributed by atoms with Crippen LogP contribution in [-0.4, -0.2) is 34.2 Å². The number of aromatic nitrogens is 4. The lowest BCUT2D eigenvalue weighted by atomic mass is 10.2. The van der Waals surface area contributed by atoms with Gasteiger partial charge in [0.25, 0.3) is 0 Å². The maximum atomic E-state index is 6.14. The van der Waals surface area contributed by atoms with Gasteiger partial charge in [-0.15, -0.1) is 0 Å². The topological polar surface area (TPSA) is 64.9 Å². The predicted molar refractivity (Wildman–Crippen MR) is 140 cm³/mol. The second kappa shape index (κ2) is 10.4. The lowest BCUT2D eigenvalue weighted by Gasteiger charge is -2.17. The molecule has 0 aliphatic rings. The van der Waals surface area contributed by atoms with Crippen molar-refractivity contribution >= 4 is 35.6 Å². The molecule has 4 rings (SSSR count). The second-order valence-corrected chi connectivity index (χ2v) is 15.3. The van der Waals surface area contributed by atoms with Gasteiger partial charge >= 0.3 is 0 Å². The summed E-state index contributed by atoms with van der Waals surface area (Å²) in [6.07, 6.45) is 1.76. The number of hydrogen-bond donors (Lipinski definition) is 1.